The minimum atomic E-state index is 0.720. The van der Waals surface area contributed by atoms with E-state index in [1.165, 1.54) is 6.42 Å². The van der Waals surface area contributed by atoms with E-state index in [4.69, 9.17) is 4.74 Å². The fraction of sp³-hybridized carbons (Fsp3) is 0.455. The summed E-state index contributed by atoms with van der Waals surface area (Å²) in [7, 11) is 0. The van der Waals surface area contributed by atoms with Crippen LogP contribution in [-0.2, 0) is 0 Å². The van der Waals surface area contributed by atoms with Crippen molar-refractivity contribution in [3.8, 4) is 5.75 Å². The van der Waals surface area contributed by atoms with Crippen molar-refractivity contribution in [3.05, 3.63) is 30.3 Å². The van der Waals surface area contributed by atoms with Crippen molar-refractivity contribution in [3.63, 3.8) is 0 Å². The van der Waals surface area contributed by atoms with Gasteiger partial charge in [-0.05, 0) is 31.2 Å². The highest BCUT2D eigenvalue weighted by molar-refractivity contribution is 5.19. The van der Waals surface area contributed by atoms with Crippen molar-refractivity contribution in [2.45, 2.75) is 13.3 Å². The van der Waals surface area contributed by atoms with Gasteiger partial charge in [-0.25, -0.2) is 0 Å². The molecule has 0 saturated heterocycles. The molecule has 0 fully saturated rings. The van der Waals surface area contributed by atoms with E-state index >= 15 is 0 Å². The van der Waals surface area contributed by atoms with Gasteiger partial charge in [-0.1, -0.05) is 19.1 Å². The maximum atomic E-state index is 5.46. The summed E-state index contributed by atoms with van der Waals surface area (Å²) in [5.74, 6) is 0.890. The van der Waals surface area contributed by atoms with Gasteiger partial charge in [0, 0.05) is 6.54 Å². The zero-order chi connectivity index (χ0) is 9.36. The number of benzene rings is 1. The average Bonchev–Trinajstić information content (AvgIpc) is 2.19. The van der Waals surface area contributed by atoms with Crippen LogP contribution in [0.5, 0.6) is 5.75 Å². The van der Waals surface area contributed by atoms with Crippen LogP contribution in [0.2, 0.25) is 0 Å². The Morgan fingerprint density at radius 2 is 2.38 bits per heavy atom. The third kappa shape index (κ3) is 4.53. The lowest BCUT2D eigenvalue weighted by Gasteiger charge is -2.05. The van der Waals surface area contributed by atoms with Crippen molar-refractivity contribution in [1.29, 1.82) is 0 Å². The lowest BCUT2D eigenvalue weighted by atomic mass is 10.3. The van der Waals surface area contributed by atoms with Gasteiger partial charge in [-0.3, -0.25) is 0 Å². The van der Waals surface area contributed by atoms with E-state index in [1.54, 1.807) is 0 Å². The molecule has 0 aliphatic rings. The quantitative estimate of drug-likeness (QED) is 0.671. The van der Waals surface area contributed by atoms with Gasteiger partial charge in [0.2, 0.25) is 0 Å². The van der Waals surface area contributed by atoms with Gasteiger partial charge in [-0.15, -0.1) is 0 Å². The topological polar surface area (TPSA) is 21.3 Å². The zero-order valence-corrected chi connectivity index (χ0v) is 8.05. The molecule has 0 saturated carbocycles. The van der Waals surface area contributed by atoms with Gasteiger partial charge in [0.15, 0.2) is 0 Å². The molecule has 1 N–H and O–H groups in total. The first-order chi connectivity index (χ1) is 6.43. The standard InChI is InChI=1S/C11H16NO/c1-2-8-12-9-10-13-11-6-4-3-5-7-11/h3-4,6-7,12H,2,8-10H2,1H3. The first-order valence-electron chi connectivity index (χ1n) is 4.73. The number of rotatable bonds is 6. The van der Waals surface area contributed by atoms with Crippen LogP contribution in [0.4, 0.5) is 0 Å². The van der Waals surface area contributed by atoms with Gasteiger partial charge in [0.25, 0.3) is 0 Å². The summed E-state index contributed by atoms with van der Waals surface area (Å²) in [5.41, 5.74) is 0. The predicted molar refractivity (Wildman–Crippen MR) is 53.9 cm³/mol. The van der Waals surface area contributed by atoms with Crippen molar-refractivity contribution in [2.75, 3.05) is 19.7 Å². The molecule has 0 amide bonds. The molecule has 1 aromatic carbocycles. The first kappa shape index (κ1) is 10.1. The summed E-state index contributed by atoms with van der Waals surface area (Å²) >= 11 is 0. The van der Waals surface area contributed by atoms with Gasteiger partial charge in [-0.2, -0.15) is 0 Å². The first-order valence-corrected chi connectivity index (χ1v) is 4.73. The molecule has 0 unspecified atom stereocenters. The van der Waals surface area contributed by atoms with Crippen LogP contribution >= 0.6 is 0 Å². The van der Waals surface area contributed by atoms with Crippen molar-refractivity contribution >= 4 is 0 Å². The van der Waals surface area contributed by atoms with Gasteiger partial charge >= 0.3 is 0 Å². The van der Waals surface area contributed by atoms with Crippen molar-refractivity contribution < 1.29 is 4.74 Å². The van der Waals surface area contributed by atoms with Crippen LogP contribution in [-0.4, -0.2) is 19.7 Å². The van der Waals surface area contributed by atoms with Crippen molar-refractivity contribution in [2.24, 2.45) is 0 Å². The van der Waals surface area contributed by atoms with Crippen LogP contribution in [0.3, 0.4) is 0 Å². The largest absolute Gasteiger partial charge is 0.492 e. The smallest absolute Gasteiger partial charge is 0.119 e. The summed E-state index contributed by atoms with van der Waals surface area (Å²) < 4.78 is 5.46. The molecule has 1 rings (SSSR count). The fourth-order valence-corrected chi connectivity index (χ4v) is 1.01. The van der Waals surface area contributed by atoms with Crippen LogP contribution in [0.15, 0.2) is 24.3 Å². The summed E-state index contributed by atoms with van der Waals surface area (Å²) in [6.45, 7) is 4.84. The Bertz CT molecular complexity index is 211. The fourth-order valence-electron chi connectivity index (χ4n) is 1.01. The molecule has 0 aromatic heterocycles. The average molecular weight is 178 g/mol. The van der Waals surface area contributed by atoms with E-state index in [0.717, 1.165) is 25.4 Å². The zero-order valence-electron chi connectivity index (χ0n) is 8.05. The molecule has 0 aliphatic carbocycles. The molecule has 0 bridgehead atoms. The van der Waals surface area contributed by atoms with Gasteiger partial charge in [0.1, 0.15) is 12.4 Å². The molecule has 13 heavy (non-hydrogen) atoms. The third-order valence-corrected chi connectivity index (χ3v) is 1.65. The maximum absolute atomic E-state index is 5.46. The molecule has 0 heterocycles. The second-order valence-corrected chi connectivity index (χ2v) is 2.84. The van der Waals surface area contributed by atoms with Crippen molar-refractivity contribution in [1.82, 2.24) is 5.32 Å². The predicted octanol–water partition coefficient (Wildman–Crippen LogP) is 1.87. The van der Waals surface area contributed by atoms with E-state index in [1.807, 2.05) is 24.3 Å². The molecule has 71 valence electrons. The number of nitrogens with one attached hydrogen (secondary N) is 1. The highest BCUT2D eigenvalue weighted by Crippen LogP contribution is 2.06. The SMILES string of the molecule is CCCNCCOc1c[c]ccc1. The molecular formula is C11H16NO. The summed E-state index contributed by atoms with van der Waals surface area (Å²) in [6.07, 6.45) is 1.17. The summed E-state index contributed by atoms with van der Waals surface area (Å²) in [6, 6.07) is 10.5. The van der Waals surface area contributed by atoms with E-state index in [-0.39, 0.29) is 0 Å². The van der Waals surface area contributed by atoms with Crippen LogP contribution in [0.1, 0.15) is 13.3 Å². The summed E-state index contributed by atoms with van der Waals surface area (Å²) in [5, 5.41) is 3.27. The highest BCUT2D eigenvalue weighted by atomic mass is 16.5. The van der Waals surface area contributed by atoms with E-state index in [2.05, 4.69) is 18.3 Å². The Morgan fingerprint density at radius 3 is 3.08 bits per heavy atom. The molecule has 0 aliphatic heterocycles. The molecular weight excluding hydrogens is 162 g/mol. The monoisotopic (exact) mass is 178 g/mol. The Balaban J connectivity index is 2.07. The number of hydrogen-bond acceptors (Lipinski definition) is 2. The highest BCUT2D eigenvalue weighted by Gasteiger charge is 1.90. The lowest BCUT2D eigenvalue weighted by molar-refractivity contribution is 0.314. The lowest BCUT2D eigenvalue weighted by Crippen LogP contribution is -2.21. The maximum Gasteiger partial charge on any atom is 0.119 e. The third-order valence-electron chi connectivity index (χ3n) is 1.65. The minimum absolute atomic E-state index is 0.720. The number of hydrogen-bond donors (Lipinski definition) is 1. The molecule has 1 aromatic rings. The van der Waals surface area contributed by atoms with Crippen LogP contribution in [0.25, 0.3) is 0 Å². The van der Waals surface area contributed by atoms with E-state index < -0.39 is 0 Å². The second-order valence-electron chi connectivity index (χ2n) is 2.84. The Labute approximate surface area is 79.9 Å². The van der Waals surface area contributed by atoms with E-state index in [0.29, 0.717) is 0 Å². The summed E-state index contributed by atoms with van der Waals surface area (Å²) in [4.78, 5) is 0. The Morgan fingerprint density at radius 1 is 1.46 bits per heavy atom. The molecule has 2 nitrogen and oxygen atoms in total. The molecule has 2 heteroatoms. The van der Waals surface area contributed by atoms with Crippen LogP contribution < -0.4 is 10.1 Å². The van der Waals surface area contributed by atoms with Gasteiger partial charge < -0.3 is 10.1 Å². The van der Waals surface area contributed by atoms with E-state index in [9.17, 15) is 0 Å². The Hall–Kier alpha value is -1.02. The minimum Gasteiger partial charge on any atom is -0.492 e. The van der Waals surface area contributed by atoms with Gasteiger partial charge in [0.05, 0.1) is 0 Å². The number of ether oxygens (including phenoxy) is 1. The second kappa shape index (κ2) is 6.49. The van der Waals surface area contributed by atoms with Crippen LogP contribution in [0, 0.1) is 6.07 Å². The normalized spacial score (nSPS) is 9.92. The molecule has 0 spiro atoms. The molecule has 1 radical (unpaired) electrons. The Kier molecular flexibility index (Phi) is 5.02. The molecule has 0 atom stereocenters.